The number of para-hydroxylation sites is 1. The average molecular weight is 357 g/mol. The summed E-state index contributed by atoms with van der Waals surface area (Å²) in [6, 6.07) is 9.03. The Morgan fingerprint density at radius 2 is 2.08 bits per heavy atom. The monoisotopic (exact) mass is 357 g/mol. The van der Waals surface area contributed by atoms with Gasteiger partial charge in [0, 0.05) is 25.2 Å². The summed E-state index contributed by atoms with van der Waals surface area (Å²) in [5, 5.41) is 6.96. The SMILES string of the molecule is CC(C)[C@H](OC(=O)c1ccnn1C)C(=O)N[C@@H]1CCOc2ccccc21. The lowest BCUT2D eigenvalue weighted by Crippen LogP contribution is -2.43. The van der Waals surface area contributed by atoms with Crippen LogP contribution in [-0.2, 0) is 16.6 Å². The van der Waals surface area contributed by atoms with Crippen molar-refractivity contribution in [2.24, 2.45) is 13.0 Å². The molecule has 26 heavy (non-hydrogen) atoms. The van der Waals surface area contributed by atoms with Crippen LogP contribution < -0.4 is 10.1 Å². The van der Waals surface area contributed by atoms with Crippen LogP contribution in [0.2, 0.25) is 0 Å². The van der Waals surface area contributed by atoms with Gasteiger partial charge in [-0.1, -0.05) is 32.0 Å². The lowest BCUT2D eigenvalue weighted by atomic mass is 9.99. The van der Waals surface area contributed by atoms with E-state index in [9.17, 15) is 9.59 Å². The van der Waals surface area contributed by atoms with E-state index >= 15 is 0 Å². The Bertz CT molecular complexity index is 800. The Kier molecular flexibility index (Phi) is 5.25. The van der Waals surface area contributed by atoms with E-state index < -0.39 is 12.1 Å². The van der Waals surface area contributed by atoms with Gasteiger partial charge in [-0.25, -0.2) is 4.79 Å². The highest BCUT2D eigenvalue weighted by molar-refractivity contribution is 5.91. The number of aryl methyl sites for hydroxylation is 1. The number of carbonyl (C=O) groups is 2. The first kappa shape index (κ1) is 18.0. The van der Waals surface area contributed by atoms with Crippen LogP contribution >= 0.6 is 0 Å². The second-order valence-electron chi connectivity index (χ2n) is 6.65. The van der Waals surface area contributed by atoms with Gasteiger partial charge in [0.2, 0.25) is 0 Å². The fraction of sp³-hybridized carbons (Fsp3) is 0.421. The summed E-state index contributed by atoms with van der Waals surface area (Å²) in [5.74, 6) is -0.261. The minimum atomic E-state index is -0.882. The molecule has 1 aliphatic heterocycles. The molecule has 2 aromatic rings. The van der Waals surface area contributed by atoms with Crippen LogP contribution in [0.1, 0.15) is 42.4 Å². The number of rotatable bonds is 5. The number of nitrogens with zero attached hydrogens (tertiary/aromatic N) is 2. The Balaban J connectivity index is 1.72. The van der Waals surface area contributed by atoms with Gasteiger partial charge >= 0.3 is 5.97 Å². The van der Waals surface area contributed by atoms with Gasteiger partial charge in [0.05, 0.1) is 12.6 Å². The van der Waals surface area contributed by atoms with E-state index in [-0.39, 0.29) is 17.9 Å². The van der Waals surface area contributed by atoms with E-state index in [1.807, 2.05) is 38.1 Å². The first-order valence-corrected chi connectivity index (χ1v) is 8.68. The van der Waals surface area contributed by atoms with Crippen LogP contribution in [0.25, 0.3) is 0 Å². The molecule has 2 heterocycles. The van der Waals surface area contributed by atoms with Crippen molar-refractivity contribution < 1.29 is 19.1 Å². The molecule has 0 saturated carbocycles. The van der Waals surface area contributed by atoms with Crippen molar-refractivity contribution in [2.45, 2.75) is 32.4 Å². The quantitative estimate of drug-likeness (QED) is 0.830. The van der Waals surface area contributed by atoms with E-state index in [1.165, 1.54) is 10.9 Å². The molecule has 0 spiro atoms. The van der Waals surface area contributed by atoms with Crippen molar-refractivity contribution in [1.29, 1.82) is 0 Å². The topological polar surface area (TPSA) is 82.5 Å². The number of carbonyl (C=O) groups excluding carboxylic acids is 2. The van der Waals surface area contributed by atoms with Gasteiger partial charge in [-0.15, -0.1) is 0 Å². The zero-order chi connectivity index (χ0) is 18.7. The first-order chi connectivity index (χ1) is 12.5. The van der Waals surface area contributed by atoms with Gasteiger partial charge in [0.15, 0.2) is 6.10 Å². The van der Waals surface area contributed by atoms with Gasteiger partial charge in [0.1, 0.15) is 11.4 Å². The maximum Gasteiger partial charge on any atom is 0.357 e. The zero-order valence-electron chi connectivity index (χ0n) is 15.1. The van der Waals surface area contributed by atoms with Crippen molar-refractivity contribution in [3.05, 3.63) is 47.8 Å². The second-order valence-corrected chi connectivity index (χ2v) is 6.65. The molecule has 0 fully saturated rings. The van der Waals surface area contributed by atoms with Gasteiger partial charge in [0.25, 0.3) is 5.91 Å². The number of benzene rings is 1. The van der Waals surface area contributed by atoms with Crippen molar-refractivity contribution in [3.8, 4) is 5.75 Å². The van der Waals surface area contributed by atoms with Gasteiger partial charge in [-0.2, -0.15) is 5.10 Å². The molecule has 1 aromatic heterocycles. The Morgan fingerprint density at radius 1 is 1.31 bits per heavy atom. The van der Waals surface area contributed by atoms with Gasteiger partial charge in [-0.3, -0.25) is 9.48 Å². The average Bonchev–Trinajstić information content (AvgIpc) is 3.05. The molecule has 7 heteroatoms. The van der Waals surface area contributed by atoms with Crippen LogP contribution in [-0.4, -0.2) is 34.4 Å². The number of amides is 1. The van der Waals surface area contributed by atoms with Crippen molar-refractivity contribution >= 4 is 11.9 Å². The smallest absolute Gasteiger partial charge is 0.357 e. The molecule has 0 aliphatic carbocycles. The number of aromatic nitrogens is 2. The van der Waals surface area contributed by atoms with E-state index in [1.54, 1.807) is 13.1 Å². The van der Waals surface area contributed by atoms with Crippen LogP contribution in [0.15, 0.2) is 36.5 Å². The highest BCUT2D eigenvalue weighted by Gasteiger charge is 2.31. The van der Waals surface area contributed by atoms with E-state index in [4.69, 9.17) is 9.47 Å². The van der Waals surface area contributed by atoms with Crippen LogP contribution in [0, 0.1) is 5.92 Å². The van der Waals surface area contributed by atoms with Crippen LogP contribution in [0.5, 0.6) is 5.75 Å². The Hall–Kier alpha value is -2.83. The molecular formula is C19H23N3O4. The summed E-state index contributed by atoms with van der Waals surface area (Å²) in [6.07, 6.45) is 1.30. The highest BCUT2D eigenvalue weighted by Crippen LogP contribution is 2.31. The number of nitrogens with one attached hydrogen (secondary N) is 1. The summed E-state index contributed by atoms with van der Waals surface area (Å²) in [7, 11) is 1.65. The standard InChI is InChI=1S/C19H23N3O4/c1-12(2)17(26-19(24)15-8-10-20-22(15)3)18(23)21-14-9-11-25-16-7-5-4-6-13(14)16/h4-8,10,12,14,17H,9,11H2,1-3H3,(H,21,23)/t14-,17+/m1/s1. The Morgan fingerprint density at radius 3 is 2.77 bits per heavy atom. The summed E-state index contributed by atoms with van der Waals surface area (Å²) in [4.78, 5) is 25.2. The van der Waals surface area contributed by atoms with Gasteiger partial charge in [-0.05, 0) is 18.1 Å². The fourth-order valence-corrected chi connectivity index (χ4v) is 2.99. The third kappa shape index (κ3) is 3.71. The molecule has 1 N–H and O–H groups in total. The largest absolute Gasteiger partial charge is 0.493 e. The molecule has 3 rings (SSSR count). The van der Waals surface area contributed by atoms with Crippen molar-refractivity contribution in [3.63, 3.8) is 0 Å². The summed E-state index contributed by atoms with van der Waals surface area (Å²) in [5.41, 5.74) is 1.24. The van der Waals surface area contributed by atoms with Gasteiger partial charge < -0.3 is 14.8 Å². The molecule has 7 nitrogen and oxygen atoms in total. The number of ether oxygens (including phenoxy) is 2. The third-order valence-electron chi connectivity index (χ3n) is 4.40. The maximum absolute atomic E-state index is 12.8. The minimum Gasteiger partial charge on any atom is -0.493 e. The summed E-state index contributed by atoms with van der Waals surface area (Å²) < 4.78 is 12.5. The molecule has 138 valence electrons. The molecule has 1 aromatic carbocycles. The zero-order valence-corrected chi connectivity index (χ0v) is 15.1. The predicted molar refractivity (Wildman–Crippen MR) is 94.7 cm³/mol. The summed E-state index contributed by atoms with van der Waals surface area (Å²) >= 11 is 0. The van der Waals surface area contributed by atoms with Crippen LogP contribution in [0.4, 0.5) is 0 Å². The molecule has 2 atom stereocenters. The predicted octanol–water partition coefficient (Wildman–Crippen LogP) is 2.24. The van der Waals surface area contributed by atoms with E-state index in [2.05, 4.69) is 10.4 Å². The van der Waals surface area contributed by atoms with E-state index in [0.29, 0.717) is 18.7 Å². The summed E-state index contributed by atoms with van der Waals surface area (Å²) in [6.45, 7) is 4.22. The highest BCUT2D eigenvalue weighted by atomic mass is 16.5. The lowest BCUT2D eigenvalue weighted by Gasteiger charge is -2.29. The lowest BCUT2D eigenvalue weighted by molar-refractivity contribution is -0.133. The number of hydrogen-bond acceptors (Lipinski definition) is 5. The minimum absolute atomic E-state index is 0.163. The molecule has 1 aliphatic rings. The van der Waals surface area contributed by atoms with Crippen molar-refractivity contribution in [2.75, 3.05) is 6.61 Å². The molecule has 0 unspecified atom stereocenters. The normalized spacial score (nSPS) is 17.2. The van der Waals surface area contributed by atoms with E-state index in [0.717, 1.165) is 11.3 Å². The maximum atomic E-state index is 12.8. The van der Waals surface area contributed by atoms with Crippen molar-refractivity contribution in [1.82, 2.24) is 15.1 Å². The molecule has 0 radical (unpaired) electrons. The third-order valence-corrected chi connectivity index (χ3v) is 4.40. The fourth-order valence-electron chi connectivity index (χ4n) is 2.99. The Labute approximate surface area is 152 Å². The number of hydrogen-bond donors (Lipinski definition) is 1. The molecule has 1 amide bonds. The number of esters is 1. The second kappa shape index (κ2) is 7.59. The first-order valence-electron chi connectivity index (χ1n) is 8.68. The van der Waals surface area contributed by atoms with Crippen LogP contribution in [0.3, 0.4) is 0 Å². The number of fused-ring (bicyclic) bond motifs is 1. The molecule has 0 saturated heterocycles. The molecular weight excluding hydrogens is 334 g/mol. The molecule has 0 bridgehead atoms.